The number of nitrogens with zero attached hydrogens (tertiary/aromatic N) is 3. The van der Waals surface area contributed by atoms with E-state index >= 15 is 0 Å². The van der Waals surface area contributed by atoms with Gasteiger partial charge in [0, 0.05) is 23.6 Å². The number of aliphatic imine (C=N–C) groups is 1. The van der Waals surface area contributed by atoms with Crippen LogP contribution in [0.4, 0.5) is 11.4 Å². The number of allylic oxidation sites excluding steroid dienone is 10. The average molecular weight is 682 g/mol. The molecular weight excluding hydrogens is 638 g/mol. The first kappa shape index (κ1) is 36.1. The Morgan fingerprint density at radius 3 is 2.51 bits per heavy atom. The minimum Gasteiger partial charge on any atom is -0.497 e. The van der Waals surface area contributed by atoms with Crippen LogP contribution in [-0.2, 0) is 20.7 Å². The van der Waals surface area contributed by atoms with E-state index < -0.39 is 5.97 Å². The van der Waals surface area contributed by atoms with E-state index in [1.165, 1.54) is 4.90 Å². The lowest BCUT2D eigenvalue weighted by Crippen LogP contribution is -2.32. The first-order valence-corrected chi connectivity index (χ1v) is 17.0. The van der Waals surface area contributed by atoms with Crippen molar-refractivity contribution in [3.63, 3.8) is 0 Å². The molecule has 3 aromatic carbocycles. The van der Waals surface area contributed by atoms with Crippen molar-refractivity contribution in [2.45, 2.75) is 33.6 Å². The minimum absolute atomic E-state index is 0.0886. The quantitative estimate of drug-likeness (QED) is 0.102. The highest BCUT2D eigenvalue weighted by atomic mass is 16.5. The Balaban J connectivity index is 1.47. The van der Waals surface area contributed by atoms with Gasteiger partial charge in [-0.15, -0.1) is 0 Å². The van der Waals surface area contributed by atoms with Crippen molar-refractivity contribution in [1.82, 2.24) is 4.90 Å². The molecule has 0 atom stereocenters. The molecule has 1 aliphatic heterocycles. The van der Waals surface area contributed by atoms with Crippen LogP contribution in [0, 0.1) is 0 Å². The Morgan fingerprint density at radius 1 is 1.00 bits per heavy atom. The smallest absolute Gasteiger partial charge is 0.340 e. The monoisotopic (exact) mass is 681 g/mol. The molecule has 0 bridgehead atoms. The molecule has 1 heterocycles. The summed E-state index contributed by atoms with van der Waals surface area (Å²) in [6.45, 7) is 6.29. The molecule has 8 nitrogen and oxygen atoms in total. The van der Waals surface area contributed by atoms with Gasteiger partial charge in [-0.3, -0.25) is 9.69 Å². The fourth-order valence-electron chi connectivity index (χ4n) is 5.49. The van der Waals surface area contributed by atoms with Crippen LogP contribution in [0.25, 0.3) is 6.08 Å². The second kappa shape index (κ2) is 18.0. The van der Waals surface area contributed by atoms with Gasteiger partial charge < -0.3 is 19.1 Å². The van der Waals surface area contributed by atoms with Gasteiger partial charge in [-0.05, 0) is 99.4 Å². The summed E-state index contributed by atoms with van der Waals surface area (Å²) in [5.74, 6) is 0.0583. The number of esters is 1. The lowest BCUT2D eigenvalue weighted by Gasteiger charge is -2.27. The summed E-state index contributed by atoms with van der Waals surface area (Å²) in [6, 6.07) is 22.6. The third kappa shape index (κ3) is 9.30. The van der Waals surface area contributed by atoms with Crippen LogP contribution in [0.15, 0.2) is 156 Å². The summed E-state index contributed by atoms with van der Waals surface area (Å²) in [4.78, 5) is 35.0. The van der Waals surface area contributed by atoms with Crippen LogP contribution in [-0.4, -0.2) is 43.1 Å². The summed E-state index contributed by atoms with van der Waals surface area (Å²) < 4.78 is 16.7. The second-order valence-corrected chi connectivity index (χ2v) is 11.5. The van der Waals surface area contributed by atoms with Crippen molar-refractivity contribution in [3.8, 4) is 5.75 Å². The molecule has 1 fully saturated rings. The van der Waals surface area contributed by atoms with Gasteiger partial charge in [0.25, 0.3) is 5.91 Å². The van der Waals surface area contributed by atoms with Crippen molar-refractivity contribution < 1.29 is 23.8 Å². The van der Waals surface area contributed by atoms with E-state index in [0.717, 1.165) is 40.4 Å². The van der Waals surface area contributed by atoms with Crippen molar-refractivity contribution in [2.24, 2.45) is 4.99 Å². The highest BCUT2D eigenvalue weighted by Crippen LogP contribution is 2.30. The SMILES string of the molecule is C\C=C/C=C\C(=C/C)N(C1=CCC=CC=C1)c1ccc(/C=C2/OC(=Nc3ccccc3C(=O)OCC)N(CCc3ccc(OC)cc3)C2=O)cc1. The van der Waals surface area contributed by atoms with Gasteiger partial charge >= 0.3 is 12.0 Å². The molecule has 0 aromatic heterocycles. The Morgan fingerprint density at radius 2 is 1.78 bits per heavy atom. The zero-order valence-electron chi connectivity index (χ0n) is 29.5. The topological polar surface area (TPSA) is 80.7 Å². The highest BCUT2D eigenvalue weighted by Gasteiger charge is 2.35. The third-order valence-electron chi connectivity index (χ3n) is 8.10. The maximum atomic E-state index is 13.9. The number of rotatable bonds is 13. The van der Waals surface area contributed by atoms with E-state index in [9.17, 15) is 9.59 Å². The second-order valence-electron chi connectivity index (χ2n) is 11.5. The van der Waals surface area contributed by atoms with Gasteiger partial charge in [-0.1, -0.05) is 85.0 Å². The maximum absolute atomic E-state index is 13.9. The highest BCUT2D eigenvalue weighted by molar-refractivity contribution is 6.12. The molecule has 2 aliphatic rings. The summed E-state index contributed by atoms with van der Waals surface area (Å²) in [5.41, 5.74) is 5.46. The molecule has 0 radical (unpaired) electrons. The fourth-order valence-corrected chi connectivity index (χ4v) is 5.49. The Kier molecular flexibility index (Phi) is 12.8. The van der Waals surface area contributed by atoms with Gasteiger partial charge in [0.15, 0.2) is 5.76 Å². The predicted octanol–water partition coefficient (Wildman–Crippen LogP) is 9.24. The van der Waals surface area contributed by atoms with Crippen LogP contribution in [0.1, 0.15) is 48.7 Å². The molecule has 51 heavy (non-hydrogen) atoms. The van der Waals surface area contributed by atoms with E-state index in [-0.39, 0.29) is 29.9 Å². The molecule has 0 unspecified atom stereocenters. The number of ether oxygens (including phenoxy) is 3. The van der Waals surface area contributed by atoms with E-state index in [0.29, 0.717) is 18.7 Å². The molecule has 1 amide bonds. The summed E-state index contributed by atoms with van der Waals surface area (Å²) >= 11 is 0. The Hall–Kier alpha value is -6.15. The molecule has 5 rings (SSSR count). The van der Waals surface area contributed by atoms with Crippen molar-refractivity contribution in [2.75, 3.05) is 25.2 Å². The van der Waals surface area contributed by atoms with Gasteiger partial charge in [-0.2, -0.15) is 4.99 Å². The van der Waals surface area contributed by atoms with Gasteiger partial charge in [0.1, 0.15) is 5.75 Å². The number of carbonyl (C=O) groups excluding carboxylic acids is 2. The van der Waals surface area contributed by atoms with Crippen molar-refractivity contribution >= 4 is 35.3 Å². The minimum atomic E-state index is -0.499. The molecule has 260 valence electrons. The lowest BCUT2D eigenvalue weighted by atomic mass is 10.1. The molecule has 1 aliphatic carbocycles. The molecular formula is C43H43N3O5. The Bertz CT molecular complexity index is 1940. The molecule has 3 aromatic rings. The van der Waals surface area contributed by atoms with Crippen LogP contribution in [0.5, 0.6) is 5.75 Å². The van der Waals surface area contributed by atoms with Crippen LogP contribution in [0.3, 0.4) is 0 Å². The number of hydrogen-bond acceptors (Lipinski definition) is 7. The fraction of sp³-hybridized carbons (Fsp3) is 0.186. The number of carbonyl (C=O) groups is 2. The molecule has 0 spiro atoms. The average Bonchev–Trinajstić information content (AvgIpc) is 3.29. The number of methoxy groups -OCH3 is 1. The molecule has 0 saturated carbocycles. The number of hydrogen-bond donors (Lipinski definition) is 0. The molecule has 8 heteroatoms. The van der Waals surface area contributed by atoms with Gasteiger partial charge in [0.2, 0.25) is 0 Å². The van der Waals surface area contributed by atoms with Crippen molar-refractivity contribution in [1.29, 1.82) is 0 Å². The number of anilines is 1. The van der Waals surface area contributed by atoms with E-state index in [2.05, 4.69) is 40.3 Å². The lowest BCUT2D eigenvalue weighted by molar-refractivity contribution is -0.122. The van der Waals surface area contributed by atoms with Crippen LogP contribution >= 0.6 is 0 Å². The number of amidine groups is 1. The van der Waals surface area contributed by atoms with Crippen molar-refractivity contribution in [3.05, 3.63) is 167 Å². The van der Waals surface area contributed by atoms with Crippen LogP contribution in [0.2, 0.25) is 0 Å². The first-order valence-electron chi connectivity index (χ1n) is 17.0. The normalized spacial score (nSPS) is 16.2. The first-order chi connectivity index (χ1) is 24.9. The third-order valence-corrected chi connectivity index (χ3v) is 8.10. The summed E-state index contributed by atoms with van der Waals surface area (Å²) in [7, 11) is 1.62. The van der Waals surface area contributed by atoms with Crippen LogP contribution < -0.4 is 9.64 Å². The standard InChI is InChI=1S/C43H43N3O5/c1-5-8-11-16-34(6-2)46(35-17-12-9-10-13-18-35)36-25-21-33(22-26-36)31-40-41(47)45(30-29-32-23-27-37(49-4)28-24-32)43(51-40)44-39-20-15-14-19-38(39)42(48)50-7-3/h5-6,8-12,14-28,31H,7,13,29-30H2,1-4H3/b8-5-,16-11-,34-6+,40-31+,44-43?. The predicted molar refractivity (Wildman–Crippen MR) is 205 cm³/mol. The Labute approximate surface area is 300 Å². The number of para-hydroxylation sites is 1. The molecule has 0 N–H and O–H groups in total. The summed E-state index contributed by atoms with van der Waals surface area (Å²) in [6.07, 6.45) is 23.8. The zero-order chi connectivity index (χ0) is 36.0. The molecule has 1 saturated heterocycles. The van der Waals surface area contributed by atoms with Gasteiger partial charge in [-0.25, -0.2) is 4.79 Å². The number of benzene rings is 3. The van der Waals surface area contributed by atoms with E-state index in [1.807, 2.05) is 92.8 Å². The zero-order valence-corrected chi connectivity index (χ0v) is 29.5. The largest absolute Gasteiger partial charge is 0.497 e. The maximum Gasteiger partial charge on any atom is 0.340 e. The van der Waals surface area contributed by atoms with E-state index in [4.69, 9.17) is 14.2 Å². The van der Waals surface area contributed by atoms with Gasteiger partial charge in [0.05, 0.1) is 25.0 Å². The van der Waals surface area contributed by atoms with E-state index in [1.54, 1.807) is 44.4 Å². The summed E-state index contributed by atoms with van der Waals surface area (Å²) in [5, 5.41) is 0. The number of amides is 1.